The summed E-state index contributed by atoms with van der Waals surface area (Å²) in [6, 6.07) is 0. The van der Waals surface area contributed by atoms with Gasteiger partial charge in [-0.3, -0.25) is 4.79 Å². The first-order valence-corrected chi connectivity index (χ1v) is 4.47. The molecule has 1 amide bonds. The van der Waals surface area contributed by atoms with Gasteiger partial charge >= 0.3 is 0 Å². The van der Waals surface area contributed by atoms with E-state index in [1.807, 2.05) is 0 Å². The van der Waals surface area contributed by atoms with Gasteiger partial charge in [0.05, 0.1) is 12.1 Å². The number of alkyl halides is 2. The van der Waals surface area contributed by atoms with Gasteiger partial charge in [0.15, 0.2) is 0 Å². The SMILES string of the molecule is CN(CC(F)F)C(=O)c1cscn1. The lowest BCUT2D eigenvalue weighted by Crippen LogP contribution is -2.31. The fraction of sp³-hybridized carbons (Fsp3) is 0.429. The summed E-state index contributed by atoms with van der Waals surface area (Å²) in [5.74, 6) is -0.471. The zero-order valence-corrected chi connectivity index (χ0v) is 7.72. The first kappa shape index (κ1) is 10.0. The summed E-state index contributed by atoms with van der Waals surface area (Å²) in [5.41, 5.74) is 1.71. The highest BCUT2D eigenvalue weighted by Gasteiger charge is 2.16. The number of hydrogen-bond donors (Lipinski definition) is 0. The minimum absolute atomic E-state index is 0.216. The molecule has 72 valence electrons. The topological polar surface area (TPSA) is 33.2 Å². The summed E-state index contributed by atoms with van der Waals surface area (Å²) in [6.07, 6.45) is -2.51. The Kier molecular flexibility index (Phi) is 3.30. The van der Waals surface area contributed by atoms with E-state index >= 15 is 0 Å². The second-order valence-electron chi connectivity index (χ2n) is 2.45. The van der Waals surface area contributed by atoms with Gasteiger partial charge < -0.3 is 4.90 Å². The molecule has 0 N–H and O–H groups in total. The Labute approximate surface area is 78.0 Å². The number of aromatic nitrogens is 1. The Morgan fingerprint density at radius 2 is 2.46 bits per heavy atom. The fourth-order valence-electron chi connectivity index (χ4n) is 0.804. The first-order valence-electron chi connectivity index (χ1n) is 3.53. The Morgan fingerprint density at radius 1 is 1.77 bits per heavy atom. The van der Waals surface area contributed by atoms with Crippen molar-refractivity contribution in [3.8, 4) is 0 Å². The van der Waals surface area contributed by atoms with Gasteiger partial charge in [0.1, 0.15) is 5.69 Å². The van der Waals surface area contributed by atoms with Crippen LogP contribution in [0.3, 0.4) is 0 Å². The number of amides is 1. The normalized spacial score (nSPS) is 10.5. The van der Waals surface area contributed by atoms with Crippen molar-refractivity contribution in [2.24, 2.45) is 0 Å². The van der Waals surface area contributed by atoms with E-state index in [9.17, 15) is 13.6 Å². The van der Waals surface area contributed by atoms with E-state index < -0.39 is 18.9 Å². The summed E-state index contributed by atoms with van der Waals surface area (Å²) < 4.78 is 23.8. The molecule has 13 heavy (non-hydrogen) atoms. The van der Waals surface area contributed by atoms with E-state index in [4.69, 9.17) is 0 Å². The van der Waals surface area contributed by atoms with Gasteiger partial charge in [-0.2, -0.15) is 0 Å². The Hall–Kier alpha value is -1.04. The lowest BCUT2D eigenvalue weighted by Gasteiger charge is -2.14. The van der Waals surface area contributed by atoms with Crippen molar-refractivity contribution in [1.82, 2.24) is 9.88 Å². The third-order valence-electron chi connectivity index (χ3n) is 1.41. The standard InChI is InChI=1S/C7H8F2N2OS/c1-11(2-6(8)9)7(12)5-3-13-4-10-5/h3-4,6H,2H2,1H3. The monoisotopic (exact) mass is 206 g/mol. The summed E-state index contributed by atoms with van der Waals surface area (Å²) in [7, 11) is 1.33. The number of carbonyl (C=O) groups is 1. The summed E-state index contributed by atoms with van der Waals surface area (Å²) in [6.45, 7) is -0.559. The molecule has 0 radical (unpaired) electrons. The first-order chi connectivity index (χ1) is 6.11. The van der Waals surface area contributed by atoms with Gasteiger partial charge in [-0.15, -0.1) is 11.3 Å². The second-order valence-corrected chi connectivity index (χ2v) is 3.17. The van der Waals surface area contributed by atoms with Crippen LogP contribution in [-0.2, 0) is 0 Å². The largest absolute Gasteiger partial charge is 0.335 e. The molecule has 0 atom stereocenters. The zero-order chi connectivity index (χ0) is 9.84. The van der Waals surface area contributed by atoms with Crippen molar-refractivity contribution in [2.45, 2.75) is 6.43 Å². The number of halogens is 2. The van der Waals surface area contributed by atoms with Crippen LogP contribution in [0.2, 0.25) is 0 Å². The van der Waals surface area contributed by atoms with E-state index in [-0.39, 0.29) is 5.69 Å². The maximum atomic E-state index is 11.9. The third kappa shape index (κ3) is 2.73. The average molecular weight is 206 g/mol. The van der Waals surface area contributed by atoms with E-state index in [0.717, 1.165) is 4.90 Å². The molecule has 1 aromatic rings. The van der Waals surface area contributed by atoms with Crippen molar-refractivity contribution in [1.29, 1.82) is 0 Å². The van der Waals surface area contributed by atoms with E-state index in [1.165, 1.54) is 29.3 Å². The van der Waals surface area contributed by atoms with Gasteiger partial charge in [0, 0.05) is 12.4 Å². The van der Waals surface area contributed by atoms with Crippen LogP contribution in [0.5, 0.6) is 0 Å². The highest BCUT2D eigenvalue weighted by atomic mass is 32.1. The minimum Gasteiger partial charge on any atom is -0.335 e. The quantitative estimate of drug-likeness (QED) is 0.750. The van der Waals surface area contributed by atoms with E-state index in [0.29, 0.717) is 0 Å². The van der Waals surface area contributed by atoms with Gasteiger partial charge in [0.2, 0.25) is 0 Å². The molecule has 6 heteroatoms. The van der Waals surface area contributed by atoms with Crippen molar-refractivity contribution in [3.05, 3.63) is 16.6 Å². The Morgan fingerprint density at radius 3 is 2.92 bits per heavy atom. The van der Waals surface area contributed by atoms with Crippen LogP contribution in [0.1, 0.15) is 10.5 Å². The van der Waals surface area contributed by atoms with Crippen LogP contribution in [0, 0.1) is 0 Å². The molecule has 0 saturated heterocycles. The van der Waals surface area contributed by atoms with Crippen LogP contribution >= 0.6 is 11.3 Å². The molecular weight excluding hydrogens is 198 g/mol. The molecule has 0 fully saturated rings. The van der Waals surface area contributed by atoms with Crippen LogP contribution in [0.15, 0.2) is 10.9 Å². The minimum atomic E-state index is -2.51. The smallest absolute Gasteiger partial charge is 0.273 e. The lowest BCUT2D eigenvalue weighted by molar-refractivity contribution is 0.0616. The molecule has 0 aromatic carbocycles. The number of thiazole rings is 1. The highest BCUT2D eigenvalue weighted by molar-refractivity contribution is 7.07. The number of nitrogens with zero attached hydrogens (tertiary/aromatic N) is 2. The van der Waals surface area contributed by atoms with Gasteiger partial charge in [-0.05, 0) is 0 Å². The Balaban J connectivity index is 2.58. The molecule has 3 nitrogen and oxygen atoms in total. The molecule has 0 aliphatic carbocycles. The molecule has 0 aliphatic heterocycles. The van der Waals surface area contributed by atoms with Gasteiger partial charge in [0.25, 0.3) is 12.3 Å². The summed E-state index contributed by atoms with van der Waals surface area (Å²) in [5, 5.41) is 1.53. The van der Waals surface area contributed by atoms with E-state index in [2.05, 4.69) is 4.98 Å². The van der Waals surface area contributed by atoms with Crippen LogP contribution in [0.4, 0.5) is 8.78 Å². The molecule has 1 aromatic heterocycles. The van der Waals surface area contributed by atoms with Gasteiger partial charge in [-0.1, -0.05) is 0 Å². The molecule has 0 aliphatic rings. The molecular formula is C7H8F2N2OS. The summed E-state index contributed by atoms with van der Waals surface area (Å²) >= 11 is 1.26. The second kappa shape index (κ2) is 4.27. The molecule has 0 bridgehead atoms. The lowest BCUT2D eigenvalue weighted by atomic mass is 10.4. The Bertz CT molecular complexity index is 276. The van der Waals surface area contributed by atoms with E-state index in [1.54, 1.807) is 0 Å². The van der Waals surface area contributed by atoms with Crippen molar-refractivity contribution >= 4 is 17.2 Å². The maximum Gasteiger partial charge on any atom is 0.273 e. The number of hydrogen-bond acceptors (Lipinski definition) is 3. The van der Waals surface area contributed by atoms with Crippen molar-refractivity contribution in [3.63, 3.8) is 0 Å². The molecule has 1 rings (SSSR count). The van der Waals surface area contributed by atoms with Gasteiger partial charge in [-0.25, -0.2) is 13.8 Å². The average Bonchev–Trinajstić information content (AvgIpc) is 2.53. The molecule has 0 unspecified atom stereocenters. The predicted octanol–water partition coefficient (Wildman–Crippen LogP) is 1.48. The highest BCUT2D eigenvalue weighted by Crippen LogP contribution is 2.05. The van der Waals surface area contributed by atoms with Crippen molar-refractivity contribution in [2.75, 3.05) is 13.6 Å². The number of rotatable bonds is 3. The molecule has 0 spiro atoms. The fourth-order valence-corrected chi connectivity index (χ4v) is 1.33. The number of carbonyl (C=O) groups excluding carboxylic acids is 1. The zero-order valence-electron chi connectivity index (χ0n) is 6.91. The summed E-state index contributed by atoms with van der Waals surface area (Å²) in [4.78, 5) is 16.0. The predicted molar refractivity (Wildman–Crippen MR) is 45.1 cm³/mol. The van der Waals surface area contributed by atoms with Crippen LogP contribution in [-0.4, -0.2) is 35.8 Å². The van der Waals surface area contributed by atoms with Crippen LogP contribution in [0.25, 0.3) is 0 Å². The van der Waals surface area contributed by atoms with Crippen LogP contribution < -0.4 is 0 Å². The third-order valence-corrected chi connectivity index (χ3v) is 2.00. The molecule has 0 saturated carbocycles. The molecule has 1 heterocycles. The van der Waals surface area contributed by atoms with Crippen molar-refractivity contribution < 1.29 is 13.6 Å². The maximum absolute atomic E-state index is 11.9.